The second-order valence-corrected chi connectivity index (χ2v) is 18.6. The molecule has 2 aliphatic rings. The molecule has 17 heteroatoms. The first-order valence-corrected chi connectivity index (χ1v) is 21.4. The standard InChI is InChI=1S/C20H27N3O4S2.C14H18N4O2S2/c1-20(2,3)27-18(24)14-15-8-11-23(12-9-15)16-4-6-17(7-5-16)29(25,26)22-19-21-10-13-28-19;15-11-5-8-18(9-6-11)12-1-3-13(4-2-12)22(19,20)17-14-16-7-10-21-14/h4-7,10,13,15H,8-9,11-12,14H2,1-3H3,(H,21,22);1-4,7,10-11H,5-6,8-9,15H2,(H,16,17). The molecule has 0 amide bonds. The molecule has 276 valence electrons. The summed E-state index contributed by atoms with van der Waals surface area (Å²) in [4.78, 5) is 24.8. The van der Waals surface area contributed by atoms with Gasteiger partial charge in [-0.15, -0.1) is 22.7 Å². The largest absolute Gasteiger partial charge is 0.460 e. The molecule has 2 aromatic heterocycles. The number of aromatic nitrogens is 2. The summed E-state index contributed by atoms with van der Waals surface area (Å²) in [5, 5.41) is 4.16. The number of nitrogens with two attached hydrogens (primary N) is 1. The van der Waals surface area contributed by atoms with Gasteiger partial charge >= 0.3 is 5.97 Å². The van der Waals surface area contributed by atoms with E-state index in [1.54, 1.807) is 47.4 Å². The molecule has 6 rings (SSSR count). The number of carbonyl (C=O) groups is 1. The van der Waals surface area contributed by atoms with Crippen LogP contribution >= 0.6 is 22.7 Å². The molecule has 4 N–H and O–H groups in total. The van der Waals surface area contributed by atoms with Gasteiger partial charge in [-0.2, -0.15) is 0 Å². The second-order valence-electron chi connectivity index (χ2n) is 13.4. The lowest BCUT2D eigenvalue weighted by Gasteiger charge is -2.33. The Hall–Kier alpha value is -3.77. The van der Waals surface area contributed by atoms with Gasteiger partial charge in [0.25, 0.3) is 20.0 Å². The molecule has 2 saturated heterocycles. The Morgan fingerprint density at radius 3 is 1.55 bits per heavy atom. The number of sulfonamides is 2. The van der Waals surface area contributed by atoms with Crippen molar-refractivity contribution in [1.29, 1.82) is 0 Å². The number of hydrogen-bond acceptors (Lipinski definition) is 13. The summed E-state index contributed by atoms with van der Waals surface area (Å²) in [7, 11) is -7.22. The number of benzene rings is 2. The molecule has 2 fully saturated rings. The fourth-order valence-electron chi connectivity index (χ4n) is 5.74. The Morgan fingerprint density at radius 2 is 1.18 bits per heavy atom. The Morgan fingerprint density at radius 1 is 0.765 bits per heavy atom. The lowest BCUT2D eigenvalue weighted by Crippen LogP contribution is -2.39. The van der Waals surface area contributed by atoms with E-state index in [4.69, 9.17) is 10.5 Å². The minimum absolute atomic E-state index is 0.141. The average molecular weight is 776 g/mol. The minimum atomic E-state index is -3.64. The van der Waals surface area contributed by atoms with E-state index in [1.165, 1.54) is 22.7 Å². The molecule has 51 heavy (non-hydrogen) atoms. The number of esters is 1. The highest BCUT2D eigenvalue weighted by molar-refractivity contribution is 7.93. The van der Waals surface area contributed by atoms with Crippen molar-refractivity contribution in [2.45, 2.75) is 74.3 Å². The molecule has 0 saturated carbocycles. The Labute approximate surface area is 308 Å². The number of ether oxygens (including phenoxy) is 1. The van der Waals surface area contributed by atoms with Crippen LogP contribution in [0.3, 0.4) is 0 Å². The van der Waals surface area contributed by atoms with Crippen LogP contribution < -0.4 is 25.0 Å². The summed E-state index contributed by atoms with van der Waals surface area (Å²) in [6, 6.07) is 14.1. The van der Waals surface area contributed by atoms with Gasteiger partial charge in [-0.25, -0.2) is 26.8 Å². The molecule has 0 unspecified atom stereocenters. The van der Waals surface area contributed by atoms with Crippen LogP contribution in [0.25, 0.3) is 0 Å². The van der Waals surface area contributed by atoms with Crippen LogP contribution in [0, 0.1) is 5.92 Å². The third kappa shape index (κ3) is 11.4. The molecule has 2 aliphatic heterocycles. The predicted octanol–water partition coefficient (Wildman–Crippen LogP) is 5.76. The number of hydrogen-bond donors (Lipinski definition) is 3. The van der Waals surface area contributed by atoms with Crippen LogP contribution in [-0.2, 0) is 29.6 Å². The second kappa shape index (κ2) is 16.7. The van der Waals surface area contributed by atoms with Gasteiger partial charge in [-0.1, -0.05) is 0 Å². The van der Waals surface area contributed by atoms with E-state index in [-0.39, 0.29) is 21.8 Å². The Bertz CT molecular complexity index is 1900. The van der Waals surface area contributed by atoms with Gasteiger partial charge in [0.15, 0.2) is 10.3 Å². The van der Waals surface area contributed by atoms with E-state index in [2.05, 4.69) is 29.2 Å². The number of carbonyl (C=O) groups excluding carboxylic acids is 1. The van der Waals surface area contributed by atoms with E-state index >= 15 is 0 Å². The van der Waals surface area contributed by atoms with E-state index in [0.29, 0.717) is 22.6 Å². The monoisotopic (exact) mass is 775 g/mol. The van der Waals surface area contributed by atoms with Crippen LogP contribution in [0.2, 0.25) is 0 Å². The molecular weight excluding hydrogens is 731 g/mol. The lowest BCUT2D eigenvalue weighted by atomic mass is 9.93. The van der Waals surface area contributed by atoms with Gasteiger partial charge in [0.1, 0.15) is 5.60 Å². The number of anilines is 4. The van der Waals surface area contributed by atoms with Crippen LogP contribution in [-0.4, -0.2) is 70.6 Å². The third-order valence-electron chi connectivity index (χ3n) is 8.36. The molecule has 0 atom stereocenters. The van der Waals surface area contributed by atoms with Gasteiger partial charge in [-0.3, -0.25) is 14.2 Å². The summed E-state index contributed by atoms with van der Waals surface area (Å²) in [5.74, 6) is 0.182. The van der Waals surface area contributed by atoms with Crippen LogP contribution in [0.1, 0.15) is 52.9 Å². The van der Waals surface area contributed by atoms with Gasteiger partial charge < -0.3 is 20.3 Å². The van der Waals surface area contributed by atoms with Crippen molar-refractivity contribution in [3.63, 3.8) is 0 Å². The fraction of sp³-hybridized carbons (Fsp3) is 0.441. The van der Waals surface area contributed by atoms with E-state index in [0.717, 1.165) is 63.2 Å². The number of rotatable bonds is 10. The highest BCUT2D eigenvalue weighted by Gasteiger charge is 2.25. The van der Waals surface area contributed by atoms with Crippen LogP contribution in [0.15, 0.2) is 81.5 Å². The number of thiazole rings is 2. The zero-order chi connectivity index (χ0) is 36.6. The first-order valence-electron chi connectivity index (χ1n) is 16.7. The zero-order valence-electron chi connectivity index (χ0n) is 28.9. The van der Waals surface area contributed by atoms with Crippen molar-refractivity contribution >= 4 is 70.3 Å². The molecule has 4 aromatic rings. The summed E-state index contributed by atoms with van der Waals surface area (Å²) < 4.78 is 59.7. The van der Waals surface area contributed by atoms with Crippen molar-refractivity contribution in [2.24, 2.45) is 11.7 Å². The van der Waals surface area contributed by atoms with Crippen molar-refractivity contribution in [1.82, 2.24) is 9.97 Å². The maximum absolute atomic E-state index is 12.4. The summed E-state index contributed by atoms with van der Waals surface area (Å²) in [6.07, 6.45) is 7.31. The van der Waals surface area contributed by atoms with E-state index in [1.807, 2.05) is 45.0 Å². The van der Waals surface area contributed by atoms with Gasteiger partial charge in [0.2, 0.25) is 0 Å². The van der Waals surface area contributed by atoms with Gasteiger partial charge in [-0.05, 0) is 101 Å². The maximum Gasteiger partial charge on any atom is 0.306 e. The fourth-order valence-corrected chi connectivity index (χ4v) is 9.32. The summed E-state index contributed by atoms with van der Waals surface area (Å²) >= 11 is 2.48. The lowest BCUT2D eigenvalue weighted by molar-refractivity contribution is -0.156. The van der Waals surface area contributed by atoms with Crippen molar-refractivity contribution in [2.75, 3.05) is 45.4 Å². The highest BCUT2D eigenvalue weighted by atomic mass is 32.2. The first kappa shape index (κ1) is 38.5. The topological polar surface area (TPSA) is 177 Å². The molecule has 0 bridgehead atoms. The van der Waals surface area contributed by atoms with Crippen molar-refractivity contribution in [3.8, 4) is 0 Å². The molecule has 0 spiro atoms. The predicted molar refractivity (Wildman–Crippen MR) is 204 cm³/mol. The summed E-state index contributed by atoms with van der Waals surface area (Å²) in [6.45, 7) is 9.11. The first-order chi connectivity index (χ1) is 24.2. The highest BCUT2D eigenvalue weighted by Crippen LogP contribution is 2.28. The van der Waals surface area contributed by atoms with Gasteiger partial charge in [0.05, 0.1) is 9.79 Å². The summed E-state index contributed by atoms with van der Waals surface area (Å²) in [5.41, 5.74) is 7.46. The quantitative estimate of drug-likeness (QED) is 0.167. The minimum Gasteiger partial charge on any atom is -0.460 e. The van der Waals surface area contributed by atoms with Crippen molar-refractivity contribution in [3.05, 3.63) is 71.7 Å². The molecule has 13 nitrogen and oxygen atoms in total. The Balaban J connectivity index is 0.000000205. The molecule has 0 aliphatic carbocycles. The Kier molecular flexibility index (Phi) is 12.6. The number of nitrogens with one attached hydrogen (secondary N) is 2. The molecule has 2 aromatic carbocycles. The van der Waals surface area contributed by atoms with Gasteiger partial charge in [0, 0.05) is 73.2 Å². The molecule has 4 heterocycles. The van der Waals surface area contributed by atoms with Crippen LogP contribution in [0.4, 0.5) is 21.6 Å². The number of piperidine rings is 2. The normalized spacial score (nSPS) is 16.2. The number of nitrogens with zero attached hydrogens (tertiary/aromatic N) is 4. The maximum atomic E-state index is 12.4. The van der Waals surface area contributed by atoms with Crippen molar-refractivity contribution < 1.29 is 26.4 Å². The van der Waals surface area contributed by atoms with E-state index in [9.17, 15) is 21.6 Å². The zero-order valence-corrected chi connectivity index (χ0v) is 32.2. The smallest absolute Gasteiger partial charge is 0.306 e. The van der Waals surface area contributed by atoms with Crippen LogP contribution in [0.5, 0.6) is 0 Å². The van der Waals surface area contributed by atoms with E-state index < -0.39 is 25.6 Å². The third-order valence-corrected chi connectivity index (χ3v) is 12.7. The molecular formula is C34H45N7O6S4. The molecule has 0 radical (unpaired) electrons. The average Bonchev–Trinajstić information content (AvgIpc) is 3.79. The SMILES string of the molecule is CC(C)(C)OC(=O)CC1CCN(c2ccc(S(=O)(=O)Nc3nccs3)cc2)CC1.NC1CCN(c2ccc(S(=O)(=O)Nc3nccs3)cc2)CC1.